The highest BCUT2D eigenvalue weighted by molar-refractivity contribution is 7.99. The number of fused-ring (bicyclic) bond motifs is 11. The highest BCUT2D eigenvalue weighted by atomic mass is 32.2. The summed E-state index contributed by atoms with van der Waals surface area (Å²) in [4.78, 5) is 19.2. The highest BCUT2D eigenvalue weighted by Gasteiger charge is 2.72. The molecule has 14 heteroatoms. The summed E-state index contributed by atoms with van der Waals surface area (Å²) in [5.41, 5.74) is 2.22. The van der Waals surface area contributed by atoms with Gasteiger partial charge in [-0.05, 0) is 50.5 Å². The van der Waals surface area contributed by atoms with Crippen LogP contribution < -0.4 is 19.5 Å². The number of phenols is 2. The number of ether oxygens (including phenoxy) is 4. The molecule has 8 atom stereocenters. The van der Waals surface area contributed by atoms with Crippen molar-refractivity contribution in [2.45, 2.75) is 79.8 Å². The number of piperazine rings is 1. The smallest absolute Gasteiger partial charge is 0.335 e. The molecular formula is C40H41N3O10S. The maximum absolute atomic E-state index is 14.9. The number of methoxy groups -OCH3 is 1. The zero-order valence-electron chi connectivity index (χ0n) is 30.3. The van der Waals surface area contributed by atoms with E-state index in [1.165, 1.54) is 11.8 Å². The Balaban J connectivity index is 1.17. The van der Waals surface area contributed by atoms with Crippen LogP contribution in [-0.4, -0.2) is 93.4 Å². The van der Waals surface area contributed by atoms with Gasteiger partial charge in [-0.1, -0.05) is 18.2 Å². The van der Waals surface area contributed by atoms with Gasteiger partial charge in [0, 0.05) is 69.5 Å². The van der Waals surface area contributed by atoms with E-state index in [0.717, 1.165) is 27.6 Å². The second-order valence-electron chi connectivity index (χ2n) is 16.2. The Hall–Kier alpha value is -4.18. The monoisotopic (exact) mass is 755 g/mol. The minimum Gasteiger partial charge on any atom is -0.507 e. The van der Waals surface area contributed by atoms with E-state index in [0.29, 0.717) is 58.1 Å². The molecule has 2 unspecified atom stereocenters. The third-order valence-corrected chi connectivity index (χ3v) is 14.9. The van der Waals surface area contributed by atoms with Crippen molar-refractivity contribution >= 4 is 28.7 Å². The van der Waals surface area contributed by atoms with E-state index in [1.807, 2.05) is 31.2 Å². The third kappa shape index (κ3) is 3.81. The zero-order valence-corrected chi connectivity index (χ0v) is 31.1. The fourth-order valence-electron chi connectivity index (χ4n) is 11.4. The van der Waals surface area contributed by atoms with Crippen LogP contribution in [0.15, 0.2) is 34.7 Å². The van der Waals surface area contributed by atoms with E-state index < -0.39 is 52.2 Å². The minimum absolute atomic E-state index is 0.0383. The lowest BCUT2D eigenvalue weighted by Crippen LogP contribution is -2.67. The fraction of sp³-hybridized carbons (Fsp3) is 0.475. The lowest BCUT2D eigenvalue weighted by atomic mass is 9.75. The maximum atomic E-state index is 14.9. The van der Waals surface area contributed by atoms with E-state index in [2.05, 4.69) is 28.1 Å². The Labute approximate surface area is 314 Å². The molecule has 8 aliphatic rings. The number of aryl methyl sites for hydroxylation is 1. The molecule has 3 fully saturated rings. The largest absolute Gasteiger partial charge is 0.507 e. The summed E-state index contributed by atoms with van der Waals surface area (Å²) in [5.74, 6) is 1.41. The van der Waals surface area contributed by atoms with E-state index in [1.54, 1.807) is 14.0 Å². The van der Waals surface area contributed by atoms with Crippen LogP contribution in [0.1, 0.15) is 75.4 Å². The minimum atomic E-state index is -1.50. The van der Waals surface area contributed by atoms with E-state index in [-0.39, 0.29) is 43.8 Å². The summed E-state index contributed by atoms with van der Waals surface area (Å²) in [7, 11) is 1.55. The van der Waals surface area contributed by atoms with Crippen molar-refractivity contribution in [3.63, 3.8) is 0 Å². The molecule has 8 aliphatic heterocycles. The van der Waals surface area contributed by atoms with Gasteiger partial charge in [0.25, 0.3) is 0 Å². The van der Waals surface area contributed by atoms with Crippen LogP contribution in [0.25, 0.3) is 11.0 Å². The zero-order chi connectivity index (χ0) is 37.2. The molecule has 9 heterocycles. The van der Waals surface area contributed by atoms with E-state index in [4.69, 9.17) is 23.4 Å². The van der Waals surface area contributed by atoms with Crippen molar-refractivity contribution in [1.29, 1.82) is 0 Å². The number of aliphatic hydroxyl groups excluding tert-OH is 1. The first-order valence-electron chi connectivity index (χ1n) is 18.5. The number of benzene rings is 3. The molecule has 0 saturated carbocycles. The van der Waals surface area contributed by atoms with Crippen molar-refractivity contribution in [2.75, 3.05) is 39.4 Å². The lowest BCUT2D eigenvalue weighted by molar-refractivity contribution is -0.196. The average Bonchev–Trinajstić information content (AvgIpc) is 3.90. The summed E-state index contributed by atoms with van der Waals surface area (Å²) < 4.78 is 30.9. The molecule has 4 aromatic rings. The SMILES string of the molecule is COc1c(C)cc2c(c1O)[C@@H]1C3[C@@H]4SC[C@]5(N[C@H](CO)Cc6c5oc5ccccc65)C(=O)OC[C@@H](c5c6c(c(C)c(O)c54)OCO6)N3[C@@]3(O)CN1C2(C)C3. The number of carbonyl (C=O) groups excluding carboxylic acids is 1. The number of aromatic hydroxyl groups is 2. The van der Waals surface area contributed by atoms with E-state index >= 15 is 0 Å². The number of nitrogens with zero attached hydrogens (tertiary/aromatic N) is 2. The summed E-state index contributed by atoms with van der Waals surface area (Å²) in [5, 5.41) is 51.7. The van der Waals surface area contributed by atoms with Gasteiger partial charge in [-0.15, -0.1) is 11.8 Å². The number of aliphatic hydroxyl groups is 2. The molecule has 0 amide bonds. The van der Waals surface area contributed by atoms with Gasteiger partial charge < -0.3 is 43.8 Å². The second-order valence-corrected chi connectivity index (χ2v) is 17.3. The molecule has 0 radical (unpaired) electrons. The molecule has 3 aromatic carbocycles. The molecule has 12 rings (SSSR count). The first-order chi connectivity index (χ1) is 26.0. The third-order valence-electron chi connectivity index (χ3n) is 13.5. The Kier molecular flexibility index (Phi) is 6.62. The van der Waals surface area contributed by atoms with Gasteiger partial charge in [-0.3, -0.25) is 15.1 Å². The number of hydrogen-bond donors (Lipinski definition) is 5. The van der Waals surface area contributed by atoms with Gasteiger partial charge in [0.05, 0.1) is 31.1 Å². The van der Waals surface area contributed by atoms with Gasteiger partial charge in [0.15, 0.2) is 28.5 Å². The molecule has 54 heavy (non-hydrogen) atoms. The molecule has 282 valence electrons. The van der Waals surface area contributed by atoms with Crippen molar-refractivity contribution in [3.8, 4) is 28.7 Å². The van der Waals surface area contributed by atoms with Gasteiger partial charge >= 0.3 is 5.97 Å². The first kappa shape index (κ1) is 33.2. The molecular weight excluding hydrogens is 715 g/mol. The number of esters is 1. The lowest BCUT2D eigenvalue weighted by Gasteiger charge is -2.59. The van der Waals surface area contributed by atoms with Crippen LogP contribution >= 0.6 is 11.8 Å². The Morgan fingerprint density at radius 2 is 1.87 bits per heavy atom. The number of thioether (sulfide) groups is 1. The van der Waals surface area contributed by atoms with Crippen LogP contribution in [0.3, 0.4) is 0 Å². The number of rotatable bonds is 2. The summed E-state index contributed by atoms with van der Waals surface area (Å²) >= 11 is 1.46. The number of hydrogen-bond acceptors (Lipinski definition) is 14. The van der Waals surface area contributed by atoms with Crippen LogP contribution in [0.4, 0.5) is 0 Å². The van der Waals surface area contributed by atoms with Crippen molar-refractivity contribution in [1.82, 2.24) is 15.1 Å². The molecule has 1 spiro atoms. The second kappa shape index (κ2) is 10.8. The normalized spacial score (nSPS) is 34.5. The van der Waals surface area contributed by atoms with Crippen molar-refractivity contribution in [2.24, 2.45) is 0 Å². The number of furan rings is 1. The molecule has 13 nitrogen and oxygen atoms in total. The van der Waals surface area contributed by atoms with Gasteiger partial charge in [0.2, 0.25) is 6.79 Å². The quantitative estimate of drug-likeness (QED) is 0.186. The predicted molar refractivity (Wildman–Crippen MR) is 195 cm³/mol. The standard InChI is InChI=1S/C40H41N3O10S/c1-17-9-22-25(31(46)32(17)49-4)28-29-35-27-26(34-33(51-16-52-34)18(2)30(27)45)23(43(29)39(48)13-38(22,3)42(28)14-39)12-50-37(47)40(15-54-35)36-21(10-19(11-44)41-40)20-7-5-6-8-24(20)53-36/h5-9,19,23,28-29,35,41,44-46,48H,10-16H2,1-4H3/t19-,23-,28+,29?,35+,38?,39-,40+/m0/s1. The molecule has 3 saturated heterocycles. The number of phenolic OH excluding ortho intramolecular Hbond substituents is 2. The maximum Gasteiger partial charge on any atom is 0.335 e. The molecule has 0 aliphatic carbocycles. The van der Waals surface area contributed by atoms with Crippen LogP contribution in [0, 0.1) is 13.8 Å². The number of nitrogens with one attached hydrogen (secondary N) is 1. The van der Waals surface area contributed by atoms with Crippen molar-refractivity contribution < 1.29 is 48.6 Å². The molecule has 4 bridgehead atoms. The summed E-state index contributed by atoms with van der Waals surface area (Å²) in [6.45, 7) is 5.67. The number of carbonyl (C=O) groups is 1. The van der Waals surface area contributed by atoms with Gasteiger partial charge in [-0.25, -0.2) is 4.79 Å². The first-order valence-corrected chi connectivity index (χ1v) is 19.5. The Morgan fingerprint density at radius 1 is 1.07 bits per heavy atom. The summed E-state index contributed by atoms with van der Waals surface area (Å²) in [6.07, 6.45) is 0.781. The Bertz CT molecular complexity index is 2350. The van der Waals surface area contributed by atoms with Crippen LogP contribution in [-0.2, 0) is 27.0 Å². The molecule has 5 N–H and O–H groups in total. The molecule has 1 aromatic heterocycles. The van der Waals surface area contributed by atoms with Gasteiger partial charge in [-0.2, -0.15) is 0 Å². The highest BCUT2D eigenvalue weighted by Crippen LogP contribution is 2.71. The predicted octanol–water partition coefficient (Wildman–Crippen LogP) is 4.03. The average molecular weight is 756 g/mol. The fourth-order valence-corrected chi connectivity index (χ4v) is 13.0. The topological polar surface area (TPSA) is 167 Å². The van der Waals surface area contributed by atoms with Crippen LogP contribution in [0.2, 0.25) is 0 Å². The Morgan fingerprint density at radius 3 is 2.67 bits per heavy atom. The summed E-state index contributed by atoms with van der Waals surface area (Å²) in [6, 6.07) is 7.50. The van der Waals surface area contributed by atoms with Gasteiger partial charge in [0.1, 0.15) is 29.4 Å². The van der Waals surface area contributed by atoms with Crippen LogP contribution in [0.5, 0.6) is 28.7 Å². The number of para-hydroxylation sites is 1. The van der Waals surface area contributed by atoms with E-state index in [9.17, 15) is 25.2 Å². The van der Waals surface area contributed by atoms with Crippen molar-refractivity contribution in [3.05, 3.63) is 75.0 Å².